The molecular formula is C14H17ClO2. The normalized spacial score (nSPS) is 18.4. The van der Waals surface area contributed by atoms with E-state index in [4.69, 9.17) is 16.3 Å². The Morgan fingerprint density at radius 2 is 2.24 bits per heavy atom. The number of halogens is 1. The molecule has 1 aliphatic heterocycles. The molecule has 0 saturated heterocycles. The van der Waals surface area contributed by atoms with Crippen LogP contribution in [-0.4, -0.2) is 11.9 Å². The summed E-state index contributed by atoms with van der Waals surface area (Å²) in [5.74, 6) is 1.01. The Bertz CT molecular complexity index is 452. The number of hydrogen-bond donors (Lipinski definition) is 0. The highest BCUT2D eigenvalue weighted by molar-refractivity contribution is 6.32. The van der Waals surface area contributed by atoms with Gasteiger partial charge in [0.15, 0.2) is 0 Å². The highest BCUT2D eigenvalue weighted by Crippen LogP contribution is 2.42. The van der Waals surface area contributed by atoms with Crippen LogP contribution in [0, 0.1) is 0 Å². The molecule has 0 N–H and O–H groups in total. The minimum absolute atomic E-state index is 0.182. The minimum Gasteiger partial charge on any atom is -0.486 e. The summed E-state index contributed by atoms with van der Waals surface area (Å²) in [5, 5.41) is 0.654. The molecule has 0 fully saturated rings. The van der Waals surface area contributed by atoms with E-state index in [2.05, 4.69) is 19.9 Å². The summed E-state index contributed by atoms with van der Waals surface area (Å²) in [5.41, 5.74) is 2.08. The first-order valence-electron chi connectivity index (χ1n) is 5.88. The van der Waals surface area contributed by atoms with Crippen molar-refractivity contribution in [3.05, 3.63) is 28.3 Å². The number of fused-ring (bicyclic) bond motifs is 1. The molecule has 92 valence electrons. The van der Waals surface area contributed by atoms with Crippen molar-refractivity contribution in [1.29, 1.82) is 0 Å². The molecule has 17 heavy (non-hydrogen) atoms. The van der Waals surface area contributed by atoms with Gasteiger partial charge >= 0.3 is 0 Å². The van der Waals surface area contributed by atoms with Crippen LogP contribution >= 0.6 is 11.6 Å². The third-order valence-electron chi connectivity index (χ3n) is 3.16. The molecule has 0 aliphatic carbocycles. The number of carbonyl (C=O) groups is 1. The van der Waals surface area contributed by atoms with Crippen LogP contribution in [0.15, 0.2) is 12.1 Å². The maximum atomic E-state index is 10.6. The van der Waals surface area contributed by atoms with E-state index < -0.39 is 0 Å². The Kier molecular flexibility index (Phi) is 3.17. The van der Waals surface area contributed by atoms with Gasteiger partial charge in [-0.25, -0.2) is 0 Å². The summed E-state index contributed by atoms with van der Waals surface area (Å²) >= 11 is 6.23. The summed E-state index contributed by atoms with van der Waals surface area (Å²) in [6.45, 7) is 6.14. The van der Waals surface area contributed by atoms with Crippen molar-refractivity contribution in [2.24, 2.45) is 0 Å². The molecule has 1 aromatic rings. The lowest BCUT2D eigenvalue weighted by Gasteiger charge is -2.17. The zero-order valence-corrected chi connectivity index (χ0v) is 11.2. The second-order valence-electron chi connectivity index (χ2n) is 5.33. The Labute approximate surface area is 107 Å². The first-order chi connectivity index (χ1) is 7.93. The average molecular weight is 253 g/mol. The Balaban J connectivity index is 2.36. The van der Waals surface area contributed by atoms with Gasteiger partial charge in [-0.05, 0) is 37.0 Å². The summed E-state index contributed by atoms with van der Waals surface area (Å²) < 4.78 is 5.82. The summed E-state index contributed by atoms with van der Waals surface area (Å²) in [6.07, 6.45) is 2.34. The Morgan fingerprint density at radius 1 is 1.53 bits per heavy atom. The maximum Gasteiger partial charge on any atom is 0.142 e. The molecule has 0 radical (unpaired) electrons. The van der Waals surface area contributed by atoms with E-state index in [1.807, 2.05) is 13.0 Å². The highest BCUT2D eigenvalue weighted by atomic mass is 35.5. The number of hydrogen-bond acceptors (Lipinski definition) is 2. The van der Waals surface area contributed by atoms with Crippen LogP contribution in [0.4, 0.5) is 0 Å². The second-order valence-corrected chi connectivity index (χ2v) is 5.74. The van der Waals surface area contributed by atoms with E-state index in [1.54, 1.807) is 0 Å². The number of carbonyl (C=O) groups excluding carboxylic acids is 1. The monoisotopic (exact) mass is 252 g/mol. The van der Waals surface area contributed by atoms with Gasteiger partial charge in [-0.1, -0.05) is 24.6 Å². The first-order valence-corrected chi connectivity index (χ1v) is 6.26. The van der Waals surface area contributed by atoms with E-state index in [1.165, 1.54) is 0 Å². The quantitative estimate of drug-likeness (QED) is 0.766. The Hall–Kier alpha value is -1.02. The standard InChI is InChI=1S/C14H17ClO2/c1-9(4-5-16)10-6-11-8-14(2,3)17-13(11)12(15)7-10/h5-7,9H,4,8H2,1-3H3. The topological polar surface area (TPSA) is 26.3 Å². The zero-order valence-electron chi connectivity index (χ0n) is 10.4. The number of aldehydes is 1. The smallest absolute Gasteiger partial charge is 0.142 e. The summed E-state index contributed by atoms with van der Waals surface area (Å²) in [6, 6.07) is 4.03. The lowest BCUT2D eigenvalue weighted by molar-refractivity contribution is -0.108. The summed E-state index contributed by atoms with van der Waals surface area (Å²) in [7, 11) is 0. The van der Waals surface area contributed by atoms with Crippen molar-refractivity contribution in [3.63, 3.8) is 0 Å². The first kappa shape index (κ1) is 12.4. The van der Waals surface area contributed by atoms with Gasteiger partial charge in [-0.3, -0.25) is 0 Å². The van der Waals surface area contributed by atoms with Gasteiger partial charge in [0.1, 0.15) is 17.6 Å². The van der Waals surface area contributed by atoms with Crippen LogP contribution in [0.2, 0.25) is 5.02 Å². The van der Waals surface area contributed by atoms with Crippen molar-refractivity contribution >= 4 is 17.9 Å². The zero-order chi connectivity index (χ0) is 12.6. The third kappa shape index (κ3) is 2.47. The Morgan fingerprint density at radius 3 is 2.88 bits per heavy atom. The molecule has 1 heterocycles. The fourth-order valence-corrected chi connectivity index (χ4v) is 2.54. The van der Waals surface area contributed by atoms with Gasteiger partial charge in [-0.15, -0.1) is 0 Å². The molecule has 1 aromatic carbocycles. The number of rotatable bonds is 3. The predicted octanol–water partition coefficient (Wildman–Crippen LogP) is 3.75. The van der Waals surface area contributed by atoms with Gasteiger partial charge in [0.25, 0.3) is 0 Å². The lowest BCUT2D eigenvalue weighted by Crippen LogP contribution is -2.24. The molecule has 1 unspecified atom stereocenters. The van der Waals surface area contributed by atoms with Crippen LogP contribution in [0.25, 0.3) is 0 Å². The fraction of sp³-hybridized carbons (Fsp3) is 0.500. The summed E-state index contributed by atoms with van der Waals surface area (Å²) in [4.78, 5) is 10.6. The lowest BCUT2D eigenvalue weighted by atomic mass is 9.94. The van der Waals surface area contributed by atoms with Crippen molar-refractivity contribution in [2.75, 3.05) is 0 Å². The molecular weight excluding hydrogens is 236 g/mol. The molecule has 0 saturated carbocycles. The molecule has 0 spiro atoms. The van der Waals surface area contributed by atoms with Crippen LogP contribution in [0.5, 0.6) is 5.75 Å². The molecule has 2 rings (SSSR count). The van der Waals surface area contributed by atoms with Gasteiger partial charge in [0.05, 0.1) is 5.02 Å². The van der Waals surface area contributed by atoms with Crippen LogP contribution < -0.4 is 4.74 Å². The third-order valence-corrected chi connectivity index (χ3v) is 3.44. The molecule has 2 nitrogen and oxygen atoms in total. The number of ether oxygens (including phenoxy) is 1. The predicted molar refractivity (Wildman–Crippen MR) is 69.0 cm³/mol. The van der Waals surface area contributed by atoms with Crippen LogP contribution in [0.3, 0.4) is 0 Å². The molecule has 0 amide bonds. The van der Waals surface area contributed by atoms with Crippen molar-refractivity contribution < 1.29 is 9.53 Å². The van der Waals surface area contributed by atoms with E-state index >= 15 is 0 Å². The van der Waals surface area contributed by atoms with E-state index in [0.717, 1.165) is 29.6 Å². The minimum atomic E-state index is -0.182. The van der Waals surface area contributed by atoms with Gasteiger partial charge in [0.2, 0.25) is 0 Å². The van der Waals surface area contributed by atoms with Crippen molar-refractivity contribution in [1.82, 2.24) is 0 Å². The van der Waals surface area contributed by atoms with Gasteiger partial charge in [-0.2, -0.15) is 0 Å². The van der Waals surface area contributed by atoms with E-state index in [0.29, 0.717) is 11.4 Å². The maximum absolute atomic E-state index is 10.6. The molecule has 3 heteroatoms. The SMILES string of the molecule is CC(CC=O)c1cc(Cl)c2c(c1)CC(C)(C)O2. The molecule has 1 atom stereocenters. The van der Waals surface area contributed by atoms with Gasteiger partial charge in [0, 0.05) is 12.8 Å². The largest absolute Gasteiger partial charge is 0.486 e. The van der Waals surface area contributed by atoms with Crippen molar-refractivity contribution in [3.8, 4) is 5.75 Å². The molecule has 0 aromatic heterocycles. The fourth-order valence-electron chi connectivity index (χ4n) is 2.26. The van der Waals surface area contributed by atoms with E-state index in [9.17, 15) is 4.79 Å². The molecule has 0 bridgehead atoms. The van der Waals surface area contributed by atoms with E-state index in [-0.39, 0.29) is 11.5 Å². The molecule has 1 aliphatic rings. The second kappa shape index (κ2) is 4.34. The van der Waals surface area contributed by atoms with Crippen molar-refractivity contribution in [2.45, 2.75) is 45.1 Å². The number of benzene rings is 1. The highest BCUT2D eigenvalue weighted by Gasteiger charge is 2.32. The van der Waals surface area contributed by atoms with Crippen LogP contribution in [-0.2, 0) is 11.2 Å². The van der Waals surface area contributed by atoms with Gasteiger partial charge < -0.3 is 9.53 Å². The average Bonchev–Trinajstić information content (AvgIpc) is 2.53. The van der Waals surface area contributed by atoms with Crippen LogP contribution in [0.1, 0.15) is 44.2 Å².